The molecular weight excluding hydrogens is 413 g/mol. The van der Waals surface area contributed by atoms with Gasteiger partial charge in [0.1, 0.15) is 11.9 Å². The Morgan fingerprint density at radius 1 is 1.32 bits per heavy atom. The number of hydrogen-bond donors (Lipinski definition) is 0. The Morgan fingerprint density at radius 2 is 2.00 bits per heavy atom. The molecule has 0 saturated carbocycles. The van der Waals surface area contributed by atoms with Crippen LogP contribution in [-0.4, -0.2) is 53.3 Å². The van der Waals surface area contributed by atoms with Crippen LogP contribution in [-0.2, 0) is 25.7 Å². The molecule has 1 aliphatic heterocycles. The van der Waals surface area contributed by atoms with Gasteiger partial charge in [-0.25, -0.2) is 18.0 Å². The smallest absolute Gasteiger partial charge is 0.328 e. The first-order chi connectivity index (χ1) is 14.6. The zero-order valence-corrected chi connectivity index (χ0v) is 17.7. The topological polar surface area (TPSA) is 66.9 Å². The maximum atomic E-state index is 14.1. The number of nitrogens with zero attached hydrogens (tertiary/aromatic N) is 2. The first kappa shape index (κ1) is 24.3. The van der Waals surface area contributed by atoms with Gasteiger partial charge < -0.3 is 14.5 Å². The summed E-state index contributed by atoms with van der Waals surface area (Å²) in [4.78, 5) is 40.0. The van der Waals surface area contributed by atoms with E-state index in [1.54, 1.807) is 13.8 Å². The number of rotatable bonds is 8. The first-order valence-corrected chi connectivity index (χ1v) is 9.84. The van der Waals surface area contributed by atoms with Crippen molar-refractivity contribution in [1.82, 2.24) is 9.80 Å². The normalized spacial score (nSPS) is 16.9. The molecule has 1 saturated heterocycles. The summed E-state index contributed by atoms with van der Waals surface area (Å²) >= 11 is 0. The summed E-state index contributed by atoms with van der Waals surface area (Å²) in [5.41, 5.74) is -0.319. The monoisotopic (exact) mass is 438 g/mol. The van der Waals surface area contributed by atoms with E-state index in [4.69, 9.17) is 11.2 Å². The molecule has 0 bridgehead atoms. The number of halogens is 3. The summed E-state index contributed by atoms with van der Waals surface area (Å²) in [5, 5.41) is 0. The summed E-state index contributed by atoms with van der Waals surface area (Å²) in [5.74, 6) is -2.95. The van der Waals surface area contributed by atoms with Crippen molar-refractivity contribution in [2.45, 2.75) is 51.7 Å². The van der Waals surface area contributed by atoms with Crippen molar-refractivity contribution in [2.24, 2.45) is 5.92 Å². The van der Waals surface area contributed by atoms with Crippen molar-refractivity contribution < 1.29 is 32.3 Å². The highest BCUT2D eigenvalue weighted by atomic mass is 19.2. The SMILES string of the molecule is C#CCN(C(=O)C[C@@H]1CCC(=O)N1Cc1cc(F)cc(F)c1F)[C@H](C(=O)OC)C(C)C. The number of carbonyl (C=O) groups excluding carboxylic acids is 3. The molecule has 168 valence electrons. The second kappa shape index (κ2) is 10.3. The maximum Gasteiger partial charge on any atom is 0.328 e. The lowest BCUT2D eigenvalue weighted by Gasteiger charge is -2.33. The minimum absolute atomic E-state index is 0.108. The van der Waals surface area contributed by atoms with Gasteiger partial charge in [0.25, 0.3) is 0 Å². The molecule has 2 atom stereocenters. The van der Waals surface area contributed by atoms with E-state index in [0.29, 0.717) is 12.5 Å². The zero-order valence-electron chi connectivity index (χ0n) is 17.7. The molecule has 0 aromatic heterocycles. The average molecular weight is 438 g/mol. The molecule has 1 aromatic rings. The summed E-state index contributed by atoms with van der Waals surface area (Å²) in [6.07, 6.45) is 5.62. The fourth-order valence-electron chi connectivity index (χ4n) is 3.77. The molecule has 31 heavy (non-hydrogen) atoms. The van der Waals surface area contributed by atoms with Gasteiger partial charge in [0.15, 0.2) is 11.6 Å². The Hall–Kier alpha value is -3.02. The fourth-order valence-corrected chi connectivity index (χ4v) is 3.77. The molecule has 9 heteroatoms. The number of esters is 1. The molecule has 1 aliphatic rings. The molecule has 0 aliphatic carbocycles. The quantitative estimate of drug-likeness (QED) is 0.356. The van der Waals surface area contributed by atoms with E-state index in [9.17, 15) is 27.6 Å². The Kier molecular flexibility index (Phi) is 8.08. The van der Waals surface area contributed by atoms with Crippen LogP contribution in [0, 0.1) is 35.7 Å². The van der Waals surface area contributed by atoms with Gasteiger partial charge in [-0.3, -0.25) is 9.59 Å². The van der Waals surface area contributed by atoms with Crippen molar-refractivity contribution in [3.05, 3.63) is 35.1 Å². The zero-order chi connectivity index (χ0) is 23.3. The van der Waals surface area contributed by atoms with Crippen LogP contribution in [0.15, 0.2) is 12.1 Å². The second-order valence-corrected chi connectivity index (χ2v) is 7.72. The standard InChI is InChI=1S/C22H25F3N2O4/c1-5-8-26(21(13(2)3)22(30)31-4)19(29)11-16-6-7-18(28)27(16)12-14-9-15(23)10-17(24)20(14)25/h1,9-10,13,16,21H,6-8,11-12H2,2-4H3/t16-,21-/m0/s1. The predicted molar refractivity (Wildman–Crippen MR) is 106 cm³/mol. The molecule has 0 N–H and O–H groups in total. The van der Waals surface area contributed by atoms with Crippen molar-refractivity contribution in [1.29, 1.82) is 0 Å². The molecule has 2 rings (SSSR count). The van der Waals surface area contributed by atoms with Gasteiger partial charge in [-0.05, 0) is 18.4 Å². The highest BCUT2D eigenvalue weighted by Gasteiger charge is 2.38. The number of likely N-dealkylation sites (tertiary alicyclic amines) is 1. The number of terminal acetylenes is 1. The van der Waals surface area contributed by atoms with Crippen LogP contribution >= 0.6 is 0 Å². The second-order valence-electron chi connectivity index (χ2n) is 7.72. The minimum atomic E-state index is -1.35. The number of carbonyl (C=O) groups is 3. The van der Waals surface area contributed by atoms with Crippen LogP contribution in [0.4, 0.5) is 13.2 Å². The Balaban J connectivity index is 2.24. The summed E-state index contributed by atoms with van der Waals surface area (Å²) < 4.78 is 45.9. The van der Waals surface area contributed by atoms with Gasteiger partial charge in [0.05, 0.1) is 13.7 Å². The van der Waals surface area contributed by atoms with Crippen LogP contribution in [0.3, 0.4) is 0 Å². The van der Waals surface area contributed by atoms with Gasteiger partial charge in [-0.1, -0.05) is 19.8 Å². The summed E-state index contributed by atoms with van der Waals surface area (Å²) in [7, 11) is 1.21. The third kappa shape index (κ3) is 5.57. The van der Waals surface area contributed by atoms with E-state index < -0.39 is 41.4 Å². The lowest BCUT2D eigenvalue weighted by molar-refractivity contribution is -0.155. The van der Waals surface area contributed by atoms with Gasteiger partial charge in [-0.2, -0.15) is 0 Å². The Morgan fingerprint density at radius 3 is 2.58 bits per heavy atom. The van der Waals surface area contributed by atoms with Crippen LogP contribution < -0.4 is 0 Å². The van der Waals surface area contributed by atoms with E-state index in [2.05, 4.69) is 5.92 Å². The van der Waals surface area contributed by atoms with Crippen molar-refractivity contribution in [3.8, 4) is 12.3 Å². The highest BCUT2D eigenvalue weighted by molar-refractivity contribution is 5.86. The molecule has 1 aromatic carbocycles. The number of hydrogen-bond acceptors (Lipinski definition) is 4. The van der Waals surface area contributed by atoms with Crippen LogP contribution in [0.5, 0.6) is 0 Å². The van der Waals surface area contributed by atoms with Gasteiger partial charge in [-0.15, -0.1) is 6.42 Å². The van der Waals surface area contributed by atoms with Crippen molar-refractivity contribution in [3.63, 3.8) is 0 Å². The number of amides is 2. The summed E-state index contributed by atoms with van der Waals surface area (Å²) in [6, 6.07) is -0.299. The van der Waals surface area contributed by atoms with Crippen LogP contribution in [0.25, 0.3) is 0 Å². The predicted octanol–water partition coefficient (Wildman–Crippen LogP) is 2.64. The third-order valence-electron chi connectivity index (χ3n) is 5.26. The lowest BCUT2D eigenvalue weighted by Crippen LogP contribution is -2.50. The Labute approximate surface area is 179 Å². The van der Waals surface area contributed by atoms with Gasteiger partial charge in [0, 0.05) is 37.1 Å². The van der Waals surface area contributed by atoms with Crippen LogP contribution in [0.1, 0.15) is 38.7 Å². The van der Waals surface area contributed by atoms with Gasteiger partial charge >= 0.3 is 5.97 Å². The third-order valence-corrected chi connectivity index (χ3v) is 5.26. The molecule has 0 unspecified atom stereocenters. The van der Waals surface area contributed by atoms with Crippen molar-refractivity contribution >= 4 is 17.8 Å². The average Bonchev–Trinajstić information content (AvgIpc) is 3.04. The molecule has 1 fully saturated rings. The largest absolute Gasteiger partial charge is 0.467 e. The highest BCUT2D eigenvalue weighted by Crippen LogP contribution is 2.27. The van der Waals surface area contributed by atoms with Gasteiger partial charge in [0.2, 0.25) is 11.8 Å². The van der Waals surface area contributed by atoms with E-state index in [-0.39, 0.29) is 43.3 Å². The molecular formula is C22H25F3N2O4. The first-order valence-electron chi connectivity index (χ1n) is 9.84. The number of methoxy groups -OCH3 is 1. The molecule has 6 nitrogen and oxygen atoms in total. The fraction of sp³-hybridized carbons (Fsp3) is 0.500. The van der Waals surface area contributed by atoms with E-state index in [1.165, 1.54) is 16.9 Å². The molecule has 0 radical (unpaired) electrons. The Bertz CT molecular complexity index is 897. The van der Waals surface area contributed by atoms with Crippen molar-refractivity contribution in [2.75, 3.05) is 13.7 Å². The van der Waals surface area contributed by atoms with Crippen LogP contribution in [0.2, 0.25) is 0 Å². The molecule has 1 heterocycles. The van der Waals surface area contributed by atoms with E-state index >= 15 is 0 Å². The number of benzene rings is 1. The van der Waals surface area contributed by atoms with E-state index in [0.717, 1.165) is 6.07 Å². The molecule has 0 spiro atoms. The minimum Gasteiger partial charge on any atom is -0.467 e. The number of ether oxygens (including phenoxy) is 1. The van der Waals surface area contributed by atoms with E-state index in [1.807, 2.05) is 0 Å². The lowest BCUT2D eigenvalue weighted by atomic mass is 10.0. The molecule has 2 amide bonds. The maximum absolute atomic E-state index is 14.1. The summed E-state index contributed by atoms with van der Waals surface area (Å²) in [6.45, 7) is 2.97.